The third-order valence-corrected chi connectivity index (χ3v) is 5.53. The highest BCUT2D eigenvalue weighted by atomic mass is 16.5. The van der Waals surface area contributed by atoms with Gasteiger partial charge in [0.1, 0.15) is 11.8 Å². The van der Waals surface area contributed by atoms with Crippen molar-refractivity contribution >= 4 is 22.8 Å². The number of hydrogen-bond donors (Lipinski definition) is 2. The number of rotatable bonds is 4. The molecule has 27 heavy (non-hydrogen) atoms. The Morgan fingerprint density at radius 2 is 1.89 bits per heavy atom. The summed E-state index contributed by atoms with van der Waals surface area (Å²) >= 11 is 0. The maximum atomic E-state index is 12.7. The topological polar surface area (TPSA) is 94.4 Å². The molecule has 1 aromatic heterocycles. The third-order valence-electron chi connectivity index (χ3n) is 5.53. The van der Waals surface area contributed by atoms with Gasteiger partial charge in [0.2, 0.25) is 11.8 Å². The fourth-order valence-electron chi connectivity index (χ4n) is 3.93. The Bertz CT molecular complexity index is 939. The lowest BCUT2D eigenvalue weighted by molar-refractivity contribution is -0.135. The normalized spacial score (nSPS) is 21.4. The van der Waals surface area contributed by atoms with Gasteiger partial charge in [0.25, 0.3) is 0 Å². The number of aryl methyl sites for hydroxylation is 1. The number of benzene rings is 1. The monoisotopic (exact) mass is 372 g/mol. The summed E-state index contributed by atoms with van der Waals surface area (Å²) in [7, 11) is 1.68. The van der Waals surface area contributed by atoms with Crippen LogP contribution in [0.5, 0.6) is 5.75 Å². The molecular formula is C19H24N4O4. The maximum Gasteiger partial charge on any atom is 0.329 e. The molecule has 2 fully saturated rings. The van der Waals surface area contributed by atoms with E-state index in [1.807, 2.05) is 18.2 Å². The molecular weight excluding hydrogens is 348 g/mol. The Kier molecular flexibility index (Phi) is 4.73. The first-order valence-corrected chi connectivity index (χ1v) is 9.43. The standard InChI is InChI=1S/C19H24N4O4/c1-22-16-10-13(27-11-12-6-8-20-9-7-12)2-3-14(16)23(19(22)26)15-4-5-17(24)21-18(15)25/h2-3,10,12,15,20H,4-9,11H2,1H3,(H,21,24,25). The van der Waals surface area contributed by atoms with Crippen LogP contribution < -0.4 is 21.1 Å². The van der Waals surface area contributed by atoms with Crippen LogP contribution in [0.25, 0.3) is 11.0 Å². The summed E-state index contributed by atoms with van der Waals surface area (Å²) in [5.41, 5.74) is 1.12. The zero-order valence-corrected chi connectivity index (χ0v) is 15.4. The van der Waals surface area contributed by atoms with Crippen molar-refractivity contribution in [3.63, 3.8) is 0 Å². The number of ether oxygens (including phenoxy) is 1. The van der Waals surface area contributed by atoms with Crippen molar-refractivity contribution in [3.8, 4) is 5.75 Å². The second-order valence-electron chi connectivity index (χ2n) is 7.33. The van der Waals surface area contributed by atoms with Gasteiger partial charge in [0.15, 0.2) is 0 Å². The molecule has 0 spiro atoms. The van der Waals surface area contributed by atoms with Crippen LogP contribution in [0.3, 0.4) is 0 Å². The molecule has 1 aromatic carbocycles. The van der Waals surface area contributed by atoms with Crippen LogP contribution in [-0.2, 0) is 16.6 Å². The number of amides is 2. The molecule has 144 valence electrons. The summed E-state index contributed by atoms with van der Waals surface area (Å²) in [4.78, 5) is 36.4. The zero-order valence-electron chi connectivity index (χ0n) is 15.4. The van der Waals surface area contributed by atoms with Crippen molar-refractivity contribution in [1.29, 1.82) is 0 Å². The van der Waals surface area contributed by atoms with Gasteiger partial charge in [-0.2, -0.15) is 0 Å². The SMILES string of the molecule is Cn1c(=O)n(C2CCC(=O)NC2=O)c2ccc(OCC3CCNCC3)cc21. The Labute approximate surface area is 156 Å². The van der Waals surface area contributed by atoms with E-state index in [0.29, 0.717) is 30.0 Å². The molecule has 2 N–H and O–H groups in total. The fourth-order valence-corrected chi connectivity index (χ4v) is 3.93. The Hall–Kier alpha value is -2.61. The van der Waals surface area contributed by atoms with Crippen molar-refractivity contribution in [2.45, 2.75) is 31.7 Å². The molecule has 2 amide bonds. The van der Waals surface area contributed by atoms with E-state index in [4.69, 9.17) is 4.74 Å². The minimum Gasteiger partial charge on any atom is -0.493 e. The molecule has 4 rings (SSSR count). The highest BCUT2D eigenvalue weighted by Crippen LogP contribution is 2.26. The molecule has 3 heterocycles. The summed E-state index contributed by atoms with van der Waals surface area (Å²) < 4.78 is 8.97. The van der Waals surface area contributed by atoms with E-state index < -0.39 is 11.9 Å². The van der Waals surface area contributed by atoms with Gasteiger partial charge < -0.3 is 10.1 Å². The Balaban J connectivity index is 1.61. The van der Waals surface area contributed by atoms with Crippen LogP contribution in [0, 0.1) is 5.92 Å². The Morgan fingerprint density at radius 3 is 2.63 bits per heavy atom. The highest BCUT2D eigenvalue weighted by Gasteiger charge is 2.31. The van der Waals surface area contributed by atoms with Crippen molar-refractivity contribution in [2.24, 2.45) is 13.0 Å². The highest BCUT2D eigenvalue weighted by molar-refractivity contribution is 6.00. The van der Waals surface area contributed by atoms with Gasteiger partial charge in [0, 0.05) is 19.5 Å². The van der Waals surface area contributed by atoms with E-state index >= 15 is 0 Å². The van der Waals surface area contributed by atoms with E-state index in [0.717, 1.165) is 31.7 Å². The molecule has 2 aliphatic heterocycles. The lowest BCUT2D eigenvalue weighted by atomic mass is 9.99. The van der Waals surface area contributed by atoms with Crippen LogP contribution in [0.4, 0.5) is 0 Å². The average Bonchev–Trinajstić information content (AvgIpc) is 2.92. The lowest BCUT2D eigenvalue weighted by Crippen LogP contribution is -2.44. The van der Waals surface area contributed by atoms with Gasteiger partial charge in [-0.25, -0.2) is 4.79 Å². The van der Waals surface area contributed by atoms with E-state index in [-0.39, 0.29) is 18.0 Å². The van der Waals surface area contributed by atoms with Crippen LogP contribution in [-0.4, -0.2) is 40.6 Å². The second kappa shape index (κ2) is 7.19. The number of piperidine rings is 2. The summed E-state index contributed by atoms with van der Waals surface area (Å²) in [6, 6.07) is 4.84. The molecule has 0 bridgehead atoms. The molecule has 0 radical (unpaired) electrons. The lowest BCUT2D eigenvalue weighted by Gasteiger charge is -2.23. The van der Waals surface area contributed by atoms with Crippen molar-refractivity contribution in [1.82, 2.24) is 19.8 Å². The van der Waals surface area contributed by atoms with Gasteiger partial charge in [0.05, 0.1) is 17.6 Å². The van der Waals surface area contributed by atoms with Crippen molar-refractivity contribution in [3.05, 3.63) is 28.7 Å². The number of carbonyl (C=O) groups excluding carboxylic acids is 2. The van der Waals surface area contributed by atoms with Crippen LogP contribution in [0.1, 0.15) is 31.7 Å². The minimum absolute atomic E-state index is 0.233. The minimum atomic E-state index is -0.666. The third kappa shape index (κ3) is 3.37. The number of nitrogens with zero attached hydrogens (tertiary/aromatic N) is 2. The quantitative estimate of drug-likeness (QED) is 0.771. The number of imide groups is 1. The molecule has 1 atom stereocenters. The van der Waals surface area contributed by atoms with E-state index in [1.165, 1.54) is 9.13 Å². The second-order valence-corrected chi connectivity index (χ2v) is 7.33. The van der Waals surface area contributed by atoms with Crippen LogP contribution in [0.15, 0.2) is 23.0 Å². The number of fused-ring (bicyclic) bond motifs is 1. The molecule has 0 saturated carbocycles. The van der Waals surface area contributed by atoms with E-state index in [9.17, 15) is 14.4 Å². The van der Waals surface area contributed by atoms with Gasteiger partial charge >= 0.3 is 5.69 Å². The number of imidazole rings is 1. The van der Waals surface area contributed by atoms with E-state index in [1.54, 1.807) is 7.05 Å². The summed E-state index contributed by atoms with van der Waals surface area (Å²) in [5.74, 6) is 0.543. The zero-order chi connectivity index (χ0) is 19.0. The van der Waals surface area contributed by atoms with E-state index in [2.05, 4.69) is 10.6 Å². The Morgan fingerprint density at radius 1 is 1.11 bits per heavy atom. The smallest absolute Gasteiger partial charge is 0.329 e. The molecule has 2 aliphatic rings. The van der Waals surface area contributed by atoms with Crippen molar-refractivity contribution in [2.75, 3.05) is 19.7 Å². The molecule has 2 aromatic rings. The maximum absolute atomic E-state index is 12.7. The van der Waals surface area contributed by atoms with Gasteiger partial charge in [-0.15, -0.1) is 0 Å². The van der Waals surface area contributed by atoms with Gasteiger partial charge in [-0.3, -0.25) is 24.0 Å². The first kappa shape index (κ1) is 17.8. The first-order valence-electron chi connectivity index (χ1n) is 9.43. The summed E-state index contributed by atoms with van der Waals surface area (Å²) in [6.45, 7) is 2.71. The average molecular weight is 372 g/mol. The number of carbonyl (C=O) groups is 2. The molecule has 1 unspecified atom stereocenters. The van der Waals surface area contributed by atoms with Gasteiger partial charge in [-0.05, 0) is 50.4 Å². The molecule has 2 saturated heterocycles. The molecule has 8 nitrogen and oxygen atoms in total. The molecule has 8 heteroatoms. The van der Waals surface area contributed by atoms with Crippen LogP contribution in [0.2, 0.25) is 0 Å². The predicted molar refractivity (Wildman–Crippen MR) is 99.7 cm³/mol. The largest absolute Gasteiger partial charge is 0.493 e. The number of aromatic nitrogens is 2. The summed E-state index contributed by atoms with van der Waals surface area (Å²) in [5, 5.41) is 5.66. The number of nitrogens with one attached hydrogen (secondary N) is 2. The fraction of sp³-hybridized carbons (Fsp3) is 0.526. The van der Waals surface area contributed by atoms with Crippen LogP contribution >= 0.6 is 0 Å². The van der Waals surface area contributed by atoms with Crippen molar-refractivity contribution < 1.29 is 14.3 Å². The molecule has 0 aliphatic carbocycles. The predicted octanol–water partition coefficient (Wildman–Crippen LogP) is 0.696. The summed E-state index contributed by atoms with van der Waals surface area (Å²) in [6.07, 6.45) is 2.77. The van der Waals surface area contributed by atoms with Gasteiger partial charge in [-0.1, -0.05) is 0 Å². The first-order chi connectivity index (χ1) is 13.0. The number of hydrogen-bond acceptors (Lipinski definition) is 5.